The summed E-state index contributed by atoms with van der Waals surface area (Å²) in [4.78, 5) is 22.4. The molecule has 2 rings (SSSR count). The van der Waals surface area contributed by atoms with Crippen LogP contribution in [0.15, 0.2) is 18.2 Å². The van der Waals surface area contributed by atoms with Crippen molar-refractivity contribution in [2.45, 2.75) is 6.43 Å². The highest BCUT2D eigenvalue weighted by Gasteiger charge is 2.30. The van der Waals surface area contributed by atoms with Crippen LogP contribution in [0, 0.1) is 10.1 Å². The number of benzene rings is 1. The number of halogens is 2. The van der Waals surface area contributed by atoms with Gasteiger partial charge in [0, 0.05) is 11.6 Å². The summed E-state index contributed by atoms with van der Waals surface area (Å²) in [5.74, 6) is 0. The summed E-state index contributed by atoms with van der Waals surface area (Å²) in [7, 11) is 0. The fourth-order valence-electron chi connectivity index (χ4n) is 1.66. The van der Waals surface area contributed by atoms with E-state index in [4.69, 9.17) is 0 Å². The van der Waals surface area contributed by atoms with Crippen molar-refractivity contribution >= 4 is 17.5 Å². The molecule has 6 nitrogen and oxygen atoms in total. The molecule has 1 aromatic rings. The van der Waals surface area contributed by atoms with Gasteiger partial charge in [-0.15, -0.1) is 0 Å². The number of ether oxygens (including phenoxy) is 1. The molecule has 0 radical (unpaired) electrons. The average molecular weight is 258 g/mol. The number of carbonyl (C=O) groups is 1. The largest absolute Gasteiger partial charge is 0.447 e. The second kappa shape index (κ2) is 4.55. The van der Waals surface area contributed by atoms with E-state index in [1.807, 2.05) is 0 Å². The first-order valence-corrected chi connectivity index (χ1v) is 5.01. The molecule has 0 atom stereocenters. The Labute approximate surface area is 99.9 Å². The molecule has 0 bridgehead atoms. The van der Waals surface area contributed by atoms with E-state index in [2.05, 4.69) is 4.74 Å². The summed E-state index contributed by atoms with van der Waals surface area (Å²) >= 11 is 0. The van der Waals surface area contributed by atoms with Gasteiger partial charge in [0.05, 0.1) is 11.5 Å². The van der Waals surface area contributed by atoms with Crippen LogP contribution in [0.3, 0.4) is 0 Å². The highest BCUT2D eigenvalue weighted by atomic mass is 19.3. The van der Waals surface area contributed by atoms with Crippen LogP contribution in [-0.2, 0) is 4.74 Å². The van der Waals surface area contributed by atoms with Gasteiger partial charge in [0.2, 0.25) is 0 Å². The number of nitrogens with zero attached hydrogens (tertiary/aromatic N) is 2. The molecule has 1 fully saturated rings. The van der Waals surface area contributed by atoms with Gasteiger partial charge in [-0.1, -0.05) is 6.07 Å². The lowest BCUT2D eigenvalue weighted by Gasteiger charge is -2.13. The van der Waals surface area contributed by atoms with Crippen molar-refractivity contribution in [2.75, 3.05) is 18.1 Å². The maximum absolute atomic E-state index is 12.5. The lowest BCUT2D eigenvalue weighted by atomic mass is 10.1. The summed E-state index contributed by atoms with van der Waals surface area (Å²) in [6.07, 6.45) is -3.52. The molecule has 1 saturated heterocycles. The number of rotatable bonds is 3. The number of amides is 1. The summed E-state index contributed by atoms with van der Waals surface area (Å²) < 4.78 is 29.6. The van der Waals surface area contributed by atoms with Crippen LogP contribution in [0.25, 0.3) is 0 Å². The SMILES string of the molecule is O=C1OCCN1c1ccc(C(F)F)cc1[N+](=O)[O-]. The van der Waals surface area contributed by atoms with Crippen molar-refractivity contribution in [1.82, 2.24) is 0 Å². The van der Waals surface area contributed by atoms with Crippen molar-refractivity contribution in [3.63, 3.8) is 0 Å². The molecule has 1 heterocycles. The maximum Gasteiger partial charge on any atom is 0.414 e. The Kier molecular flexibility index (Phi) is 3.09. The molecule has 1 aliphatic heterocycles. The maximum atomic E-state index is 12.5. The Morgan fingerprint density at radius 1 is 1.44 bits per heavy atom. The van der Waals surface area contributed by atoms with Crippen LogP contribution < -0.4 is 4.90 Å². The van der Waals surface area contributed by atoms with Gasteiger partial charge in [-0.2, -0.15) is 0 Å². The Balaban J connectivity index is 2.46. The number of alkyl halides is 2. The van der Waals surface area contributed by atoms with Gasteiger partial charge in [0.25, 0.3) is 12.1 Å². The van der Waals surface area contributed by atoms with Crippen molar-refractivity contribution in [3.05, 3.63) is 33.9 Å². The van der Waals surface area contributed by atoms with E-state index in [0.717, 1.165) is 23.1 Å². The van der Waals surface area contributed by atoms with E-state index >= 15 is 0 Å². The van der Waals surface area contributed by atoms with Gasteiger partial charge in [0.15, 0.2) is 0 Å². The quantitative estimate of drug-likeness (QED) is 0.616. The van der Waals surface area contributed by atoms with Crippen LogP contribution in [0.2, 0.25) is 0 Å². The Bertz CT molecular complexity index is 507. The number of hydrogen-bond acceptors (Lipinski definition) is 4. The van der Waals surface area contributed by atoms with Crippen molar-refractivity contribution in [3.8, 4) is 0 Å². The number of carbonyl (C=O) groups excluding carboxylic acids is 1. The lowest BCUT2D eigenvalue weighted by molar-refractivity contribution is -0.384. The fourth-order valence-corrected chi connectivity index (χ4v) is 1.66. The van der Waals surface area contributed by atoms with Crippen LogP contribution in [0.4, 0.5) is 25.0 Å². The predicted molar refractivity (Wildman–Crippen MR) is 56.7 cm³/mol. The third-order valence-corrected chi connectivity index (χ3v) is 2.50. The molecule has 96 valence electrons. The Morgan fingerprint density at radius 2 is 2.17 bits per heavy atom. The summed E-state index contributed by atoms with van der Waals surface area (Å²) in [5.41, 5.74) is -1.03. The zero-order valence-corrected chi connectivity index (χ0v) is 9.01. The van der Waals surface area contributed by atoms with E-state index in [9.17, 15) is 23.7 Å². The topological polar surface area (TPSA) is 72.7 Å². The van der Waals surface area contributed by atoms with Crippen LogP contribution >= 0.6 is 0 Å². The summed E-state index contributed by atoms with van der Waals surface area (Å²) in [6, 6.07) is 2.95. The number of nitro groups is 1. The highest BCUT2D eigenvalue weighted by Crippen LogP contribution is 2.33. The third kappa shape index (κ3) is 2.08. The number of anilines is 1. The van der Waals surface area contributed by atoms with E-state index in [1.54, 1.807) is 0 Å². The van der Waals surface area contributed by atoms with Crippen LogP contribution in [-0.4, -0.2) is 24.2 Å². The third-order valence-electron chi connectivity index (χ3n) is 2.50. The van der Waals surface area contributed by atoms with Crippen molar-refractivity contribution in [1.29, 1.82) is 0 Å². The first-order valence-electron chi connectivity index (χ1n) is 5.01. The van der Waals surface area contributed by atoms with E-state index < -0.39 is 28.7 Å². The summed E-state index contributed by atoms with van der Waals surface area (Å²) in [5, 5.41) is 10.8. The molecule has 1 aromatic carbocycles. The monoisotopic (exact) mass is 258 g/mol. The molecule has 0 aliphatic carbocycles. The van der Waals surface area contributed by atoms with Crippen molar-refractivity contribution in [2.24, 2.45) is 0 Å². The first-order chi connectivity index (χ1) is 8.50. The van der Waals surface area contributed by atoms with Gasteiger partial charge in [-0.05, 0) is 6.07 Å². The zero-order chi connectivity index (χ0) is 13.3. The number of nitro benzene ring substituents is 1. The van der Waals surface area contributed by atoms with Crippen LogP contribution in [0.5, 0.6) is 0 Å². The zero-order valence-electron chi connectivity index (χ0n) is 9.01. The van der Waals surface area contributed by atoms with Gasteiger partial charge < -0.3 is 4.74 Å². The van der Waals surface area contributed by atoms with Gasteiger partial charge in [0.1, 0.15) is 12.3 Å². The predicted octanol–water partition coefficient (Wildman–Crippen LogP) is 2.49. The van der Waals surface area contributed by atoms with E-state index in [0.29, 0.717) is 0 Å². The standard InChI is InChI=1S/C10H8F2N2O4/c11-9(12)6-1-2-7(8(5-6)14(16)17)13-3-4-18-10(13)15/h1-2,5,9H,3-4H2. The van der Waals surface area contributed by atoms with Gasteiger partial charge in [-0.3, -0.25) is 15.0 Å². The molecule has 1 amide bonds. The molecule has 0 aromatic heterocycles. The normalized spacial score (nSPS) is 15.1. The number of cyclic esters (lactones) is 1. The Morgan fingerprint density at radius 3 is 2.67 bits per heavy atom. The molecule has 0 N–H and O–H groups in total. The molecular weight excluding hydrogens is 250 g/mol. The minimum absolute atomic E-state index is 0.0353. The Hall–Kier alpha value is -2.25. The smallest absolute Gasteiger partial charge is 0.414 e. The molecule has 1 aliphatic rings. The summed E-state index contributed by atoms with van der Waals surface area (Å²) in [6.45, 7) is 0.278. The minimum Gasteiger partial charge on any atom is -0.447 e. The second-order valence-electron chi connectivity index (χ2n) is 3.57. The van der Waals surface area contributed by atoms with E-state index in [-0.39, 0.29) is 18.8 Å². The molecular formula is C10H8F2N2O4. The number of hydrogen-bond donors (Lipinski definition) is 0. The highest BCUT2D eigenvalue weighted by molar-refractivity contribution is 5.92. The lowest BCUT2D eigenvalue weighted by Crippen LogP contribution is -2.24. The molecule has 8 heteroatoms. The molecule has 0 unspecified atom stereocenters. The van der Waals surface area contributed by atoms with E-state index in [1.165, 1.54) is 0 Å². The van der Waals surface area contributed by atoms with Crippen molar-refractivity contribution < 1.29 is 23.2 Å². The minimum atomic E-state index is -2.80. The molecule has 18 heavy (non-hydrogen) atoms. The van der Waals surface area contributed by atoms with Gasteiger partial charge in [-0.25, -0.2) is 13.6 Å². The van der Waals surface area contributed by atoms with Crippen LogP contribution in [0.1, 0.15) is 12.0 Å². The fraction of sp³-hybridized carbons (Fsp3) is 0.300. The van der Waals surface area contributed by atoms with Gasteiger partial charge >= 0.3 is 6.09 Å². The second-order valence-corrected chi connectivity index (χ2v) is 3.57. The molecule has 0 saturated carbocycles. The average Bonchev–Trinajstić information content (AvgIpc) is 2.74. The molecule has 0 spiro atoms. The first kappa shape index (κ1) is 12.2.